The maximum atomic E-state index is 4.15. The van der Waals surface area contributed by atoms with E-state index in [2.05, 4.69) is 56.2 Å². The number of fused-ring (bicyclic) bond motifs is 1. The van der Waals surface area contributed by atoms with Crippen LogP contribution < -0.4 is 10.2 Å². The zero-order valence-electron chi connectivity index (χ0n) is 11.2. The zero-order chi connectivity index (χ0) is 13.1. The molecule has 0 atom stereocenters. The van der Waals surface area contributed by atoms with Gasteiger partial charge in [-0.15, -0.1) is 10.2 Å². The van der Waals surface area contributed by atoms with Crippen LogP contribution in [-0.2, 0) is 19.6 Å². The van der Waals surface area contributed by atoms with Crippen LogP contribution in [0.3, 0.4) is 0 Å². The SMILES string of the molecule is CCNCc1ccc(N2CCn3cnnc3C2)cc1. The van der Waals surface area contributed by atoms with Gasteiger partial charge in [-0.1, -0.05) is 19.1 Å². The Hall–Kier alpha value is -1.88. The topological polar surface area (TPSA) is 46.0 Å². The minimum Gasteiger partial charge on any atom is -0.362 e. The number of aromatic nitrogens is 3. The molecule has 0 spiro atoms. The summed E-state index contributed by atoms with van der Waals surface area (Å²) in [7, 11) is 0. The van der Waals surface area contributed by atoms with Crippen molar-refractivity contribution >= 4 is 5.69 Å². The van der Waals surface area contributed by atoms with Crippen LogP contribution in [0.15, 0.2) is 30.6 Å². The number of hydrogen-bond acceptors (Lipinski definition) is 4. The smallest absolute Gasteiger partial charge is 0.152 e. The molecule has 5 heteroatoms. The van der Waals surface area contributed by atoms with Crippen LogP contribution in [0.1, 0.15) is 18.3 Å². The summed E-state index contributed by atoms with van der Waals surface area (Å²) in [6.45, 7) is 6.87. The van der Waals surface area contributed by atoms with Crippen molar-refractivity contribution in [2.45, 2.75) is 26.6 Å². The minimum absolute atomic E-state index is 0.840. The van der Waals surface area contributed by atoms with E-state index in [9.17, 15) is 0 Å². The van der Waals surface area contributed by atoms with Gasteiger partial charge in [0.1, 0.15) is 6.33 Å². The Morgan fingerprint density at radius 3 is 2.84 bits per heavy atom. The first-order valence-electron chi connectivity index (χ1n) is 6.78. The molecule has 19 heavy (non-hydrogen) atoms. The Labute approximate surface area is 113 Å². The fourth-order valence-corrected chi connectivity index (χ4v) is 2.38. The summed E-state index contributed by atoms with van der Waals surface area (Å²) in [6, 6.07) is 8.77. The molecule has 2 aromatic rings. The van der Waals surface area contributed by atoms with Gasteiger partial charge in [0.25, 0.3) is 0 Å². The van der Waals surface area contributed by atoms with E-state index in [0.717, 1.165) is 38.5 Å². The van der Waals surface area contributed by atoms with Crippen molar-refractivity contribution in [2.24, 2.45) is 0 Å². The highest BCUT2D eigenvalue weighted by molar-refractivity contribution is 5.48. The summed E-state index contributed by atoms with van der Waals surface area (Å²) in [5, 5.41) is 11.4. The van der Waals surface area contributed by atoms with Gasteiger partial charge in [0, 0.05) is 25.3 Å². The third kappa shape index (κ3) is 2.61. The summed E-state index contributed by atoms with van der Waals surface area (Å²) < 4.78 is 2.12. The van der Waals surface area contributed by atoms with E-state index in [0.29, 0.717) is 0 Å². The predicted molar refractivity (Wildman–Crippen MR) is 74.9 cm³/mol. The molecule has 3 rings (SSSR count). The van der Waals surface area contributed by atoms with E-state index >= 15 is 0 Å². The fourth-order valence-electron chi connectivity index (χ4n) is 2.38. The lowest BCUT2D eigenvalue weighted by molar-refractivity contribution is 0.560. The average molecular weight is 257 g/mol. The van der Waals surface area contributed by atoms with Crippen molar-refractivity contribution in [2.75, 3.05) is 18.0 Å². The fraction of sp³-hybridized carbons (Fsp3) is 0.429. The second-order valence-corrected chi connectivity index (χ2v) is 4.81. The molecule has 1 aromatic heterocycles. The number of nitrogens with one attached hydrogen (secondary N) is 1. The normalized spacial score (nSPS) is 14.5. The molecular formula is C14H19N5. The van der Waals surface area contributed by atoms with Crippen LogP contribution >= 0.6 is 0 Å². The van der Waals surface area contributed by atoms with Gasteiger partial charge in [-0.05, 0) is 24.2 Å². The van der Waals surface area contributed by atoms with Crippen LogP contribution in [0.25, 0.3) is 0 Å². The molecule has 0 saturated heterocycles. The van der Waals surface area contributed by atoms with Crippen molar-refractivity contribution in [3.05, 3.63) is 42.0 Å². The van der Waals surface area contributed by atoms with Crippen LogP contribution in [0.2, 0.25) is 0 Å². The first-order valence-corrected chi connectivity index (χ1v) is 6.78. The van der Waals surface area contributed by atoms with Gasteiger partial charge >= 0.3 is 0 Å². The van der Waals surface area contributed by atoms with Gasteiger partial charge in [-0.25, -0.2) is 0 Å². The quantitative estimate of drug-likeness (QED) is 0.899. The van der Waals surface area contributed by atoms with Gasteiger partial charge in [0.15, 0.2) is 5.82 Å². The molecule has 0 radical (unpaired) electrons. The molecule has 0 amide bonds. The average Bonchev–Trinajstić information content (AvgIpc) is 2.93. The van der Waals surface area contributed by atoms with Crippen molar-refractivity contribution < 1.29 is 0 Å². The molecular weight excluding hydrogens is 238 g/mol. The molecule has 0 bridgehead atoms. The monoisotopic (exact) mass is 257 g/mol. The Balaban J connectivity index is 1.70. The molecule has 0 unspecified atom stereocenters. The Morgan fingerprint density at radius 1 is 1.21 bits per heavy atom. The highest BCUT2D eigenvalue weighted by Gasteiger charge is 2.17. The maximum absolute atomic E-state index is 4.15. The zero-order valence-corrected chi connectivity index (χ0v) is 11.2. The maximum Gasteiger partial charge on any atom is 0.152 e. The third-order valence-electron chi connectivity index (χ3n) is 3.52. The van der Waals surface area contributed by atoms with Gasteiger partial charge in [0.05, 0.1) is 6.54 Å². The number of hydrogen-bond donors (Lipinski definition) is 1. The summed E-state index contributed by atoms with van der Waals surface area (Å²) in [4.78, 5) is 2.35. The van der Waals surface area contributed by atoms with E-state index in [1.807, 2.05) is 6.33 Å². The first-order chi connectivity index (χ1) is 9.36. The van der Waals surface area contributed by atoms with Crippen LogP contribution in [-0.4, -0.2) is 27.9 Å². The molecule has 0 aliphatic carbocycles. The van der Waals surface area contributed by atoms with Crippen LogP contribution in [0, 0.1) is 0 Å². The standard InChI is InChI=1S/C14H19N5/c1-2-15-9-12-3-5-13(6-4-12)18-7-8-19-11-16-17-14(19)10-18/h3-6,11,15H,2,7-10H2,1H3. The molecule has 1 aromatic carbocycles. The van der Waals surface area contributed by atoms with E-state index in [4.69, 9.17) is 0 Å². The Morgan fingerprint density at radius 2 is 2.05 bits per heavy atom. The molecule has 1 aliphatic heterocycles. The van der Waals surface area contributed by atoms with E-state index in [1.165, 1.54) is 11.3 Å². The highest BCUT2D eigenvalue weighted by atomic mass is 15.3. The molecule has 5 nitrogen and oxygen atoms in total. The van der Waals surface area contributed by atoms with Gasteiger partial charge in [-0.2, -0.15) is 0 Å². The Bertz CT molecular complexity index is 531. The van der Waals surface area contributed by atoms with Crippen molar-refractivity contribution in [1.29, 1.82) is 0 Å². The molecule has 0 saturated carbocycles. The predicted octanol–water partition coefficient (Wildman–Crippen LogP) is 1.41. The largest absolute Gasteiger partial charge is 0.362 e. The lowest BCUT2D eigenvalue weighted by Gasteiger charge is -2.29. The second kappa shape index (κ2) is 5.40. The van der Waals surface area contributed by atoms with Crippen molar-refractivity contribution in [1.82, 2.24) is 20.1 Å². The number of benzene rings is 1. The molecule has 0 fully saturated rings. The summed E-state index contributed by atoms with van der Waals surface area (Å²) in [5.41, 5.74) is 2.58. The molecule has 100 valence electrons. The second-order valence-electron chi connectivity index (χ2n) is 4.81. The summed E-state index contributed by atoms with van der Waals surface area (Å²) in [5.74, 6) is 1.04. The Kier molecular flexibility index (Phi) is 3.46. The van der Waals surface area contributed by atoms with Gasteiger partial charge < -0.3 is 14.8 Å². The van der Waals surface area contributed by atoms with Crippen molar-refractivity contribution in [3.8, 4) is 0 Å². The van der Waals surface area contributed by atoms with Gasteiger partial charge in [-0.3, -0.25) is 0 Å². The molecule has 1 aliphatic rings. The number of rotatable bonds is 4. The lowest BCUT2D eigenvalue weighted by atomic mass is 10.2. The van der Waals surface area contributed by atoms with E-state index < -0.39 is 0 Å². The van der Waals surface area contributed by atoms with Crippen LogP contribution in [0.5, 0.6) is 0 Å². The van der Waals surface area contributed by atoms with E-state index in [-0.39, 0.29) is 0 Å². The highest BCUT2D eigenvalue weighted by Crippen LogP contribution is 2.20. The van der Waals surface area contributed by atoms with E-state index in [1.54, 1.807) is 0 Å². The minimum atomic E-state index is 0.840. The third-order valence-corrected chi connectivity index (χ3v) is 3.52. The molecule has 2 heterocycles. The summed E-state index contributed by atoms with van der Waals surface area (Å²) in [6.07, 6.45) is 1.81. The number of nitrogens with zero attached hydrogens (tertiary/aromatic N) is 4. The first kappa shape index (κ1) is 12.2. The lowest BCUT2D eigenvalue weighted by Crippen LogP contribution is -2.33. The molecule has 1 N–H and O–H groups in total. The summed E-state index contributed by atoms with van der Waals surface area (Å²) >= 11 is 0. The van der Waals surface area contributed by atoms with Crippen LogP contribution in [0.4, 0.5) is 5.69 Å². The number of anilines is 1. The van der Waals surface area contributed by atoms with Gasteiger partial charge in [0.2, 0.25) is 0 Å². The van der Waals surface area contributed by atoms with Crippen molar-refractivity contribution in [3.63, 3.8) is 0 Å².